The Morgan fingerprint density at radius 3 is 1.60 bits per heavy atom. The van der Waals surface area contributed by atoms with Gasteiger partial charge in [-0.05, 0) is 5.92 Å². The summed E-state index contributed by atoms with van der Waals surface area (Å²) in [6.45, 7) is 3.99. The van der Waals surface area contributed by atoms with Gasteiger partial charge in [-0.3, -0.25) is 9.13 Å². The van der Waals surface area contributed by atoms with Gasteiger partial charge >= 0.3 is 16.5 Å². The predicted octanol–water partition coefficient (Wildman–Crippen LogP) is -0.611. The second kappa shape index (κ2) is 12.9. The standard InChI is InChI=1S/C9H20O4.H4O5P2/c1-8(2)3-13-7-9(4-10,5-11)6-12;1-6(2)5-7(3)4/h8,10-12H,3-7H2,1-2H3;6-7H,(H,1,2)(H,3,4). The zero-order valence-electron chi connectivity index (χ0n) is 11.5. The molecule has 0 spiro atoms. The van der Waals surface area contributed by atoms with Crippen molar-refractivity contribution in [2.45, 2.75) is 13.8 Å². The van der Waals surface area contributed by atoms with Crippen LogP contribution in [0.5, 0.6) is 0 Å². The van der Waals surface area contributed by atoms with Crippen LogP contribution in [-0.4, -0.2) is 58.1 Å². The number of hydrogen-bond acceptors (Lipinski definition) is 7. The van der Waals surface area contributed by atoms with Crippen LogP contribution in [0, 0.1) is 11.3 Å². The van der Waals surface area contributed by atoms with Crippen LogP contribution in [-0.2, 0) is 18.2 Å². The number of ether oxygens (including phenoxy) is 1. The summed E-state index contributed by atoms with van der Waals surface area (Å²) in [5.41, 5.74) is -0.894. The molecule has 0 aliphatic heterocycles. The first-order valence-corrected chi connectivity index (χ1v) is 8.29. The second-order valence-corrected chi connectivity index (χ2v) is 6.40. The maximum atomic E-state index is 9.44. The van der Waals surface area contributed by atoms with Crippen molar-refractivity contribution < 1.29 is 43.3 Å². The highest BCUT2D eigenvalue weighted by Gasteiger charge is 2.28. The first kappa shape index (κ1) is 22.5. The van der Waals surface area contributed by atoms with Gasteiger partial charge in [0.2, 0.25) is 0 Å². The van der Waals surface area contributed by atoms with E-state index in [1.165, 1.54) is 0 Å². The largest absolute Gasteiger partial charge is 0.396 e. The van der Waals surface area contributed by atoms with E-state index in [0.717, 1.165) is 0 Å². The molecule has 0 amide bonds. The highest BCUT2D eigenvalue weighted by Crippen LogP contribution is 2.30. The van der Waals surface area contributed by atoms with Gasteiger partial charge in [-0.2, -0.15) is 0 Å². The molecule has 0 aromatic heterocycles. The third kappa shape index (κ3) is 13.2. The summed E-state index contributed by atoms with van der Waals surface area (Å²) < 4.78 is 27.6. The Kier molecular flexibility index (Phi) is 14.5. The minimum absolute atomic E-state index is 0.189. The average Bonchev–Trinajstić information content (AvgIpc) is 2.34. The van der Waals surface area contributed by atoms with Crippen molar-refractivity contribution in [3.05, 3.63) is 0 Å². The molecule has 0 aliphatic rings. The Bertz CT molecular complexity index is 260. The number of aliphatic hydroxyl groups is 3. The molecular weight excluding hydrogens is 314 g/mol. The summed E-state index contributed by atoms with van der Waals surface area (Å²) in [4.78, 5) is 15.4. The molecule has 0 heterocycles. The number of rotatable bonds is 9. The Hall–Kier alpha value is 0.180. The molecule has 0 aromatic carbocycles. The van der Waals surface area contributed by atoms with Gasteiger partial charge in [0.05, 0.1) is 31.8 Å². The molecule has 0 bridgehead atoms. The molecule has 5 N–H and O–H groups in total. The SMILES string of the molecule is CC(C)COCC(CO)(CO)CO.O=[PH](O)O[PH](=O)O. The Labute approximate surface area is 119 Å². The van der Waals surface area contributed by atoms with Gasteiger partial charge in [-0.15, -0.1) is 0 Å². The van der Waals surface area contributed by atoms with Crippen LogP contribution in [0.15, 0.2) is 0 Å². The summed E-state index contributed by atoms with van der Waals surface area (Å²) in [5, 5.41) is 26.8. The van der Waals surface area contributed by atoms with Crippen molar-refractivity contribution in [1.82, 2.24) is 0 Å². The molecule has 0 radical (unpaired) electrons. The first-order valence-electron chi connectivity index (χ1n) is 5.77. The maximum Gasteiger partial charge on any atom is 0.323 e. The number of aliphatic hydroxyl groups excluding tert-OH is 3. The molecule has 0 aliphatic carbocycles. The predicted molar refractivity (Wildman–Crippen MR) is 72.9 cm³/mol. The monoisotopic (exact) mass is 338 g/mol. The number of hydrogen-bond donors (Lipinski definition) is 5. The molecule has 2 atom stereocenters. The summed E-state index contributed by atoms with van der Waals surface area (Å²) >= 11 is 0. The van der Waals surface area contributed by atoms with Crippen LogP contribution in [0.1, 0.15) is 13.8 Å². The zero-order valence-corrected chi connectivity index (χ0v) is 13.5. The van der Waals surface area contributed by atoms with Gasteiger partial charge < -0.3 is 29.8 Å². The van der Waals surface area contributed by atoms with E-state index >= 15 is 0 Å². The lowest BCUT2D eigenvalue weighted by Gasteiger charge is -2.27. The fourth-order valence-corrected chi connectivity index (χ4v) is 1.47. The molecular formula is C9H24O9P2. The van der Waals surface area contributed by atoms with Crippen LogP contribution in [0.25, 0.3) is 0 Å². The maximum absolute atomic E-state index is 9.44. The summed E-state index contributed by atoms with van der Waals surface area (Å²) in [6, 6.07) is 0. The first-order chi connectivity index (χ1) is 9.22. The summed E-state index contributed by atoms with van der Waals surface area (Å²) in [5.74, 6) is 0.411. The van der Waals surface area contributed by atoms with Gasteiger partial charge in [0.25, 0.3) is 0 Å². The minimum Gasteiger partial charge on any atom is -0.396 e. The van der Waals surface area contributed by atoms with Crippen molar-refractivity contribution in [3.8, 4) is 0 Å². The lowest BCUT2D eigenvalue weighted by atomic mass is 9.93. The quantitative estimate of drug-likeness (QED) is 0.346. The van der Waals surface area contributed by atoms with E-state index < -0.39 is 21.9 Å². The molecule has 0 saturated heterocycles. The van der Waals surface area contributed by atoms with Crippen molar-refractivity contribution >= 4 is 16.5 Å². The van der Waals surface area contributed by atoms with Gasteiger partial charge in [-0.25, -0.2) is 4.31 Å². The molecule has 124 valence electrons. The minimum atomic E-state index is -3.20. The van der Waals surface area contributed by atoms with Gasteiger partial charge in [-0.1, -0.05) is 13.8 Å². The van der Waals surface area contributed by atoms with Gasteiger partial charge in [0.15, 0.2) is 0 Å². The Morgan fingerprint density at radius 1 is 1.00 bits per heavy atom. The highest BCUT2D eigenvalue weighted by atomic mass is 31.2. The van der Waals surface area contributed by atoms with E-state index in [1.807, 2.05) is 13.8 Å². The van der Waals surface area contributed by atoms with Crippen molar-refractivity contribution in [2.24, 2.45) is 11.3 Å². The summed E-state index contributed by atoms with van der Waals surface area (Å²) in [7, 11) is -6.40. The van der Waals surface area contributed by atoms with E-state index in [1.54, 1.807) is 0 Å². The van der Waals surface area contributed by atoms with Gasteiger partial charge in [0.1, 0.15) is 0 Å². The molecule has 0 saturated carbocycles. The molecule has 0 aromatic rings. The van der Waals surface area contributed by atoms with Crippen LogP contribution in [0.2, 0.25) is 0 Å². The normalized spacial score (nSPS) is 14.6. The molecule has 9 nitrogen and oxygen atoms in total. The second-order valence-electron chi connectivity index (χ2n) is 4.52. The van der Waals surface area contributed by atoms with Crippen molar-refractivity contribution in [3.63, 3.8) is 0 Å². The van der Waals surface area contributed by atoms with E-state index in [-0.39, 0.29) is 26.4 Å². The van der Waals surface area contributed by atoms with Crippen LogP contribution in [0.3, 0.4) is 0 Å². The van der Waals surface area contributed by atoms with Crippen molar-refractivity contribution in [1.29, 1.82) is 0 Å². The highest BCUT2D eigenvalue weighted by molar-refractivity contribution is 7.46. The van der Waals surface area contributed by atoms with E-state index in [2.05, 4.69) is 4.31 Å². The molecule has 0 rings (SSSR count). The Morgan fingerprint density at radius 2 is 1.40 bits per heavy atom. The summed E-state index contributed by atoms with van der Waals surface area (Å²) in [6.07, 6.45) is 0. The molecule has 0 fully saturated rings. The molecule has 20 heavy (non-hydrogen) atoms. The fourth-order valence-electron chi connectivity index (χ4n) is 0.873. The lowest BCUT2D eigenvalue weighted by Crippen LogP contribution is -2.39. The zero-order chi connectivity index (χ0) is 16.2. The topological polar surface area (TPSA) is 154 Å². The van der Waals surface area contributed by atoms with Crippen LogP contribution in [0.4, 0.5) is 0 Å². The van der Waals surface area contributed by atoms with Crippen LogP contribution < -0.4 is 0 Å². The third-order valence-electron chi connectivity index (χ3n) is 2.04. The van der Waals surface area contributed by atoms with E-state index in [0.29, 0.717) is 12.5 Å². The molecule has 2 unspecified atom stereocenters. The van der Waals surface area contributed by atoms with Gasteiger partial charge in [0, 0.05) is 6.61 Å². The van der Waals surface area contributed by atoms with E-state index in [4.69, 9.17) is 29.8 Å². The third-order valence-corrected chi connectivity index (χ3v) is 3.44. The van der Waals surface area contributed by atoms with Crippen LogP contribution >= 0.6 is 16.5 Å². The average molecular weight is 338 g/mol. The van der Waals surface area contributed by atoms with E-state index in [9.17, 15) is 9.13 Å². The lowest BCUT2D eigenvalue weighted by molar-refractivity contribution is -0.0621. The fraction of sp³-hybridized carbons (Fsp3) is 1.00. The Balaban J connectivity index is 0. The smallest absolute Gasteiger partial charge is 0.323 e. The van der Waals surface area contributed by atoms with Crippen molar-refractivity contribution in [2.75, 3.05) is 33.0 Å². The molecule has 11 heteroatoms.